The van der Waals surface area contributed by atoms with Gasteiger partial charge in [0.1, 0.15) is 5.82 Å². The minimum atomic E-state index is -0.445. The average molecular weight is 217 g/mol. The number of carbonyl (C=O) groups is 1. The number of ketones is 1. The molecule has 0 unspecified atom stereocenters. The van der Waals surface area contributed by atoms with Crippen LogP contribution in [0.2, 0.25) is 5.02 Å². The monoisotopic (exact) mass is 216 g/mol. The third-order valence-corrected chi connectivity index (χ3v) is 3.23. The standard InChI is InChI=1S/C9H6ClFOS/c10-7-2-1-5-6(9(7)11)3-13-4-8(5)12/h1-2H,3-4H2. The number of benzene rings is 1. The van der Waals surface area contributed by atoms with Crippen LogP contribution in [0, 0.1) is 5.82 Å². The van der Waals surface area contributed by atoms with Gasteiger partial charge in [0.15, 0.2) is 5.78 Å². The maximum Gasteiger partial charge on any atom is 0.173 e. The van der Waals surface area contributed by atoms with Gasteiger partial charge in [0.05, 0.1) is 10.8 Å². The normalized spacial score (nSPS) is 15.7. The van der Waals surface area contributed by atoms with E-state index in [2.05, 4.69) is 0 Å². The van der Waals surface area contributed by atoms with Crippen LogP contribution in [0.4, 0.5) is 4.39 Å². The van der Waals surface area contributed by atoms with Gasteiger partial charge in [-0.05, 0) is 12.1 Å². The van der Waals surface area contributed by atoms with Gasteiger partial charge in [-0.15, -0.1) is 11.8 Å². The average Bonchev–Trinajstić information content (AvgIpc) is 2.12. The third-order valence-electron chi connectivity index (χ3n) is 1.98. The summed E-state index contributed by atoms with van der Waals surface area (Å²) in [5, 5.41) is 0.0917. The largest absolute Gasteiger partial charge is 0.293 e. The first-order chi connectivity index (χ1) is 6.20. The zero-order valence-corrected chi connectivity index (χ0v) is 8.21. The molecule has 0 saturated carbocycles. The van der Waals surface area contributed by atoms with Gasteiger partial charge in [-0.2, -0.15) is 0 Å². The van der Waals surface area contributed by atoms with Crippen LogP contribution in [0.1, 0.15) is 15.9 Å². The van der Waals surface area contributed by atoms with Gasteiger partial charge in [-0.3, -0.25) is 4.79 Å². The molecule has 1 heterocycles. The van der Waals surface area contributed by atoms with Crippen molar-refractivity contribution in [1.29, 1.82) is 0 Å². The van der Waals surface area contributed by atoms with E-state index < -0.39 is 5.82 Å². The van der Waals surface area contributed by atoms with Gasteiger partial charge in [0.25, 0.3) is 0 Å². The third kappa shape index (κ3) is 1.46. The smallest absolute Gasteiger partial charge is 0.173 e. The fourth-order valence-corrected chi connectivity index (χ4v) is 2.42. The molecule has 0 saturated heterocycles. The minimum Gasteiger partial charge on any atom is -0.293 e. The van der Waals surface area contributed by atoms with E-state index in [-0.39, 0.29) is 10.8 Å². The molecule has 0 radical (unpaired) electrons. The predicted octanol–water partition coefficient (Wildman–Crippen LogP) is 2.91. The van der Waals surface area contributed by atoms with Gasteiger partial charge >= 0.3 is 0 Å². The Morgan fingerprint density at radius 3 is 2.92 bits per heavy atom. The van der Waals surface area contributed by atoms with Crippen molar-refractivity contribution in [2.75, 3.05) is 5.75 Å². The highest BCUT2D eigenvalue weighted by atomic mass is 35.5. The molecule has 0 bridgehead atoms. The second kappa shape index (κ2) is 3.31. The van der Waals surface area contributed by atoms with Gasteiger partial charge in [0.2, 0.25) is 0 Å². The molecule has 13 heavy (non-hydrogen) atoms. The fraction of sp³-hybridized carbons (Fsp3) is 0.222. The van der Waals surface area contributed by atoms with Crippen molar-refractivity contribution in [2.45, 2.75) is 5.75 Å². The highest BCUT2D eigenvalue weighted by molar-refractivity contribution is 7.99. The van der Waals surface area contributed by atoms with E-state index in [4.69, 9.17) is 11.6 Å². The Balaban J connectivity index is 2.63. The zero-order valence-electron chi connectivity index (χ0n) is 6.64. The van der Waals surface area contributed by atoms with Crippen LogP contribution in [0.25, 0.3) is 0 Å². The number of rotatable bonds is 0. The van der Waals surface area contributed by atoms with E-state index in [1.807, 2.05) is 0 Å². The zero-order chi connectivity index (χ0) is 9.42. The Hall–Kier alpha value is -0.540. The van der Waals surface area contributed by atoms with Gasteiger partial charge in [-0.25, -0.2) is 4.39 Å². The van der Waals surface area contributed by atoms with Crippen LogP contribution in [0.5, 0.6) is 0 Å². The summed E-state index contributed by atoms with van der Waals surface area (Å²) in [6.45, 7) is 0. The highest BCUT2D eigenvalue weighted by Gasteiger charge is 2.21. The van der Waals surface area contributed by atoms with E-state index in [0.29, 0.717) is 22.6 Å². The second-order valence-corrected chi connectivity index (χ2v) is 4.20. The lowest BCUT2D eigenvalue weighted by Crippen LogP contribution is -2.13. The number of halogens is 2. The van der Waals surface area contributed by atoms with Gasteiger partial charge in [0, 0.05) is 16.9 Å². The Bertz CT molecular complexity index is 378. The fourth-order valence-electron chi connectivity index (χ4n) is 1.32. The summed E-state index contributed by atoms with van der Waals surface area (Å²) in [6, 6.07) is 3.03. The van der Waals surface area contributed by atoms with Crippen molar-refractivity contribution in [2.24, 2.45) is 0 Å². The van der Waals surface area contributed by atoms with Crippen LogP contribution < -0.4 is 0 Å². The molecule has 0 aliphatic carbocycles. The van der Waals surface area contributed by atoms with Crippen LogP contribution in [-0.4, -0.2) is 11.5 Å². The maximum atomic E-state index is 13.4. The highest BCUT2D eigenvalue weighted by Crippen LogP contribution is 2.30. The van der Waals surface area contributed by atoms with Crippen LogP contribution in [0.15, 0.2) is 12.1 Å². The summed E-state index contributed by atoms with van der Waals surface area (Å²) >= 11 is 7.02. The summed E-state index contributed by atoms with van der Waals surface area (Å²) in [5.41, 5.74) is 0.939. The minimum absolute atomic E-state index is 0.0122. The molecule has 2 rings (SSSR count). The lowest BCUT2D eigenvalue weighted by Gasteiger charge is -2.15. The summed E-state index contributed by atoms with van der Waals surface area (Å²) in [5.74, 6) is 0.517. The first-order valence-corrected chi connectivity index (χ1v) is 5.31. The van der Waals surface area contributed by atoms with E-state index in [1.54, 1.807) is 6.07 Å². The SMILES string of the molecule is O=C1CSCc2c1ccc(Cl)c2F. The van der Waals surface area contributed by atoms with E-state index in [0.717, 1.165) is 0 Å². The molecule has 0 N–H and O–H groups in total. The van der Waals surface area contributed by atoms with Crippen molar-refractivity contribution in [3.05, 3.63) is 34.1 Å². The van der Waals surface area contributed by atoms with E-state index in [1.165, 1.54) is 17.8 Å². The summed E-state index contributed by atoms with van der Waals surface area (Å²) < 4.78 is 13.4. The maximum absolute atomic E-state index is 13.4. The molecule has 1 aromatic rings. The van der Waals surface area contributed by atoms with Crippen molar-refractivity contribution in [1.82, 2.24) is 0 Å². The first kappa shape index (κ1) is 9.03. The Kier molecular flexibility index (Phi) is 2.30. The molecule has 0 fully saturated rings. The molecule has 1 aliphatic rings. The predicted molar refractivity (Wildman–Crippen MR) is 51.9 cm³/mol. The molecule has 0 atom stereocenters. The van der Waals surface area contributed by atoms with Gasteiger partial charge < -0.3 is 0 Å². The lowest BCUT2D eigenvalue weighted by atomic mass is 10.0. The molecule has 1 nitrogen and oxygen atoms in total. The molecular weight excluding hydrogens is 211 g/mol. The van der Waals surface area contributed by atoms with Crippen LogP contribution >= 0.6 is 23.4 Å². The Morgan fingerprint density at radius 1 is 1.38 bits per heavy atom. The van der Waals surface area contributed by atoms with E-state index in [9.17, 15) is 9.18 Å². The molecule has 4 heteroatoms. The quantitative estimate of drug-likeness (QED) is 0.663. The lowest BCUT2D eigenvalue weighted by molar-refractivity contribution is 0.102. The molecule has 0 aromatic heterocycles. The summed E-state index contributed by atoms with van der Waals surface area (Å²) in [6.07, 6.45) is 0. The summed E-state index contributed by atoms with van der Waals surface area (Å²) in [7, 11) is 0. The molecule has 0 amide bonds. The van der Waals surface area contributed by atoms with Crippen molar-refractivity contribution >= 4 is 29.1 Å². The van der Waals surface area contributed by atoms with Gasteiger partial charge in [-0.1, -0.05) is 11.6 Å². The molecular formula is C9H6ClFOS. The number of carbonyl (C=O) groups excluding carboxylic acids is 1. The summed E-state index contributed by atoms with van der Waals surface area (Å²) in [4.78, 5) is 11.3. The molecule has 68 valence electrons. The topological polar surface area (TPSA) is 17.1 Å². The van der Waals surface area contributed by atoms with E-state index >= 15 is 0 Å². The number of fused-ring (bicyclic) bond motifs is 1. The number of thioether (sulfide) groups is 1. The first-order valence-electron chi connectivity index (χ1n) is 3.78. The molecule has 1 aromatic carbocycles. The van der Waals surface area contributed by atoms with Crippen molar-refractivity contribution in [3.63, 3.8) is 0 Å². The number of hydrogen-bond acceptors (Lipinski definition) is 2. The number of hydrogen-bond donors (Lipinski definition) is 0. The number of Topliss-reactive ketones (excluding diaryl/α,β-unsaturated/α-hetero) is 1. The molecule has 1 aliphatic heterocycles. The second-order valence-electron chi connectivity index (χ2n) is 2.80. The molecule has 0 spiro atoms. The van der Waals surface area contributed by atoms with Crippen LogP contribution in [-0.2, 0) is 5.75 Å². The van der Waals surface area contributed by atoms with Crippen molar-refractivity contribution < 1.29 is 9.18 Å². The Labute approximate surface area is 84.3 Å². The Morgan fingerprint density at radius 2 is 2.15 bits per heavy atom. The van der Waals surface area contributed by atoms with Crippen molar-refractivity contribution in [3.8, 4) is 0 Å². The van der Waals surface area contributed by atoms with Crippen LogP contribution in [0.3, 0.4) is 0 Å².